The molecule has 152 valence electrons. The van der Waals surface area contributed by atoms with Crippen molar-refractivity contribution in [1.82, 2.24) is 15.1 Å². The Kier molecular flexibility index (Phi) is 6.44. The number of hydrogen-bond acceptors (Lipinski definition) is 7. The monoisotopic (exact) mass is 423 g/mol. The third-order valence-electron chi connectivity index (χ3n) is 4.56. The van der Waals surface area contributed by atoms with E-state index in [2.05, 4.69) is 10.2 Å². The standard InChI is InChI=1S/C19H25N3O4S2/c1-13(2)10-22(16-8-9-28(24,25)12-16)17(23)11-27-19-21-20-18(26-19)15-6-4-14(3)5-7-15/h4-7,13,16H,8-12H2,1-3H3/t16-/m1/s1. The smallest absolute Gasteiger partial charge is 0.277 e. The Bertz CT molecular complexity index is 923. The van der Waals surface area contributed by atoms with Gasteiger partial charge in [-0.3, -0.25) is 4.79 Å². The van der Waals surface area contributed by atoms with Gasteiger partial charge in [-0.25, -0.2) is 8.42 Å². The van der Waals surface area contributed by atoms with Crippen molar-refractivity contribution >= 4 is 27.5 Å². The summed E-state index contributed by atoms with van der Waals surface area (Å²) in [6.07, 6.45) is 0.504. The van der Waals surface area contributed by atoms with E-state index in [0.717, 1.165) is 11.1 Å². The Labute approximate surface area is 169 Å². The summed E-state index contributed by atoms with van der Waals surface area (Å²) in [6, 6.07) is 7.51. The second-order valence-corrected chi connectivity index (χ2v) is 10.7. The molecule has 7 nitrogen and oxygen atoms in total. The molecule has 0 saturated carbocycles. The van der Waals surface area contributed by atoms with E-state index in [4.69, 9.17) is 4.42 Å². The fourth-order valence-electron chi connectivity index (χ4n) is 3.16. The SMILES string of the molecule is Cc1ccc(-c2nnc(SCC(=O)N(CC(C)C)[C@@H]3CCS(=O)(=O)C3)o2)cc1. The molecule has 2 heterocycles. The number of carbonyl (C=O) groups is 1. The minimum atomic E-state index is -3.05. The number of thioether (sulfide) groups is 1. The number of nitrogens with zero attached hydrogens (tertiary/aromatic N) is 3. The molecule has 9 heteroatoms. The minimum Gasteiger partial charge on any atom is -0.411 e. The average molecular weight is 424 g/mol. The largest absolute Gasteiger partial charge is 0.411 e. The number of rotatable bonds is 7. The summed E-state index contributed by atoms with van der Waals surface area (Å²) in [4.78, 5) is 14.5. The Morgan fingerprint density at radius 2 is 2.00 bits per heavy atom. The van der Waals surface area contributed by atoms with Gasteiger partial charge < -0.3 is 9.32 Å². The van der Waals surface area contributed by atoms with Crippen LogP contribution in [0.25, 0.3) is 11.5 Å². The Morgan fingerprint density at radius 3 is 2.61 bits per heavy atom. The fraction of sp³-hybridized carbons (Fsp3) is 0.526. The van der Waals surface area contributed by atoms with E-state index in [1.54, 1.807) is 4.90 Å². The van der Waals surface area contributed by atoms with Gasteiger partial charge in [0.25, 0.3) is 5.22 Å². The Balaban J connectivity index is 1.63. The average Bonchev–Trinajstić information content (AvgIpc) is 3.24. The molecule has 1 aromatic heterocycles. The molecule has 0 radical (unpaired) electrons. The third kappa shape index (κ3) is 5.35. The Hall–Kier alpha value is -1.87. The van der Waals surface area contributed by atoms with Crippen molar-refractivity contribution in [3.8, 4) is 11.5 Å². The van der Waals surface area contributed by atoms with Crippen LogP contribution in [0.3, 0.4) is 0 Å². The van der Waals surface area contributed by atoms with Crippen LogP contribution in [0.15, 0.2) is 33.9 Å². The summed E-state index contributed by atoms with van der Waals surface area (Å²) in [5.41, 5.74) is 1.97. The maximum Gasteiger partial charge on any atom is 0.277 e. The van der Waals surface area contributed by atoms with Crippen molar-refractivity contribution < 1.29 is 17.6 Å². The van der Waals surface area contributed by atoms with Crippen LogP contribution in [0.2, 0.25) is 0 Å². The van der Waals surface area contributed by atoms with E-state index >= 15 is 0 Å². The van der Waals surface area contributed by atoms with E-state index < -0.39 is 9.84 Å². The molecule has 1 aliphatic heterocycles. The van der Waals surface area contributed by atoms with E-state index in [9.17, 15) is 13.2 Å². The molecule has 1 atom stereocenters. The van der Waals surface area contributed by atoms with E-state index in [0.29, 0.717) is 24.1 Å². The van der Waals surface area contributed by atoms with Crippen LogP contribution in [-0.4, -0.2) is 59.3 Å². The highest BCUT2D eigenvalue weighted by atomic mass is 32.2. The molecule has 0 spiro atoms. The van der Waals surface area contributed by atoms with Crippen LogP contribution in [0, 0.1) is 12.8 Å². The lowest BCUT2D eigenvalue weighted by atomic mass is 10.1. The van der Waals surface area contributed by atoms with Crippen molar-refractivity contribution in [3.63, 3.8) is 0 Å². The molecule has 0 unspecified atom stereocenters. The van der Waals surface area contributed by atoms with Gasteiger partial charge in [0.1, 0.15) is 0 Å². The summed E-state index contributed by atoms with van der Waals surface area (Å²) in [7, 11) is -3.05. The topological polar surface area (TPSA) is 93.4 Å². The summed E-state index contributed by atoms with van der Waals surface area (Å²) < 4.78 is 29.3. The highest BCUT2D eigenvalue weighted by Gasteiger charge is 2.34. The third-order valence-corrected chi connectivity index (χ3v) is 7.11. The molecule has 1 amide bonds. The zero-order valence-electron chi connectivity index (χ0n) is 16.3. The van der Waals surface area contributed by atoms with Crippen molar-refractivity contribution in [2.24, 2.45) is 5.92 Å². The van der Waals surface area contributed by atoms with Gasteiger partial charge in [0.05, 0.1) is 17.3 Å². The molecule has 1 aliphatic rings. The fourth-order valence-corrected chi connectivity index (χ4v) is 5.54. The van der Waals surface area contributed by atoms with Crippen LogP contribution in [-0.2, 0) is 14.6 Å². The lowest BCUT2D eigenvalue weighted by molar-refractivity contribution is -0.130. The number of aryl methyl sites for hydroxylation is 1. The first-order valence-corrected chi connectivity index (χ1v) is 12.1. The summed E-state index contributed by atoms with van der Waals surface area (Å²) in [5, 5.41) is 8.38. The van der Waals surface area contributed by atoms with Gasteiger partial charge in [-0.05, 0) is 31.4 Å². The summed E-state index contributed by atoms with van der Waals surface area (Å²) >= 11 is 1.18. The molecule has 0 N–H and O–H groups in total. The molecular formula is C19H25N3O4S2. The van der Waals surface area contributed by atoms with E-state index in [1.807, 2.05) is 45.0 Å². The van der Waals surface area contributed by atoms with Crippen LogP contribution >= 0.6 is 11.8 Å². The van der Waals surface area contributed by atoms with Crippen LogP contribution in [0.1, 0.15) is 25.8 Å². The van der Waals surface area contributed by atoms with Crippen LogP contribution in [0.4, 0.5) is 0 Å². The van der Waals surface area contributed by atoms with Gasteiger partial charge in [0.2, 0.25) is 11.8 Å². The quantitative estimate of drug-likeness (QED) is 0.632. The Morgan fingerprint density at radius 1 is 1.29 bits per heavy atom. The number of amides is 1. The summed E-state index contributed by atoms with van der Waals surface area (Å²) in [5.74, 6) is 0.907. The normalized spacial score (nSPS) is 18.5. The number of benzene rings is 1. The molecule has 1 aromatic carbocycles. The predicted octanol–water partition coefficient (Wildman–Crippen LogP) is 2.81. The van der Waals surface area contributed by atoms with Crippen LogP contribution in [0.5, 0.6) is 0 Å². The summed E-state index contributed by atoms with van der Waals surface area (Å²) in [6.45, 7) is 6.58. The first kappa shape index (κ1) is 20.9. The second-order valence-electron chi connectivity index (χ2n) is 7.52. The molecule has 2 aromatic rings. The zero-order valence-corrected chi connectivity index (χ0v) is 17.9. The highest BCUT2D eigenvalue weighted by molar-refractivity contribution is 7.99. The first-order valence-electron chi connectivity index (χ1n) is 9.27. The van der Waals surface area contributed by atoms with Crippen molar-refractivity contribution in [3.05, 3.63) is 29.8 Å². The molecule has 1 saturated heterocycles. The van der Waals surface area contributed by atoms with Crippen molar-refractivity contribution in [1.29, 1.82) is 0 Å². The predicted molar refractivity (Wildman–Crippen MR) is 109 cm³/mol. The van der Waals surface area contributed by atoms with Gasteiger partial charge in [-0.2, -0.15) is 0 Å². The van der Waals surface area contributed by atoms with E-state index in [-0.39, 0.29) is 35.1 Å². The van der Waals surface area contributed by atoms with Gasteiger partial charge >= 0.3 is 0 Å². The molecule has 1 fully saturated rings. The number of aromatic nitrogens is 2. The highest BCUT2D eigenvalue weighted by Crippen LogP contribution is 2.25. The molecule has 28 heavy (non-hydrogen) atoms. The zero-order chi connectivity index (χ0) is 20.3. The molecule has 0 bridgehead atoms. The molecule has 0 aliphatic carbocycles. The minimum absolute atomic E-state index is 0.0499. The first-order chi connectivity index (χ1) is 13.2. The van der Waals surface area contributed by atoms with Crippen molar-refractivity contribution in [2.75, 3.05) is 23.8 Å². The van der Waals surface area contributed by atoms with Gasteiger partial charge in [-0.1, -0.05) is 43.3 Å². The van der Waals surface area contributed by atoms with E-state index in [1.165, 1.54) is 11.8 Å². The van der Waals surface area contributed by atoms with Gasteiger partial charge in [-0.15, -0.1) is 10.2 Å². The number of hydrogen-bond donors (Lipinski definition) is 0. The van der Waals surface area contributed by atoms with Crippen LogP contribution < -0.4 is 0 Å². The maximum atomic E-state index is 12.8. The lowest BCUT2D eigenvalue weighted by Crippen LogP contribution is -2.44. The van der Waals surface area contributed by atoms with Gasteiger partial charge in [0, 0.05) is 18.2 Å². The molecule has 3 rings (SSSR count). The molecular weight excluding hydrogens is 398 g/mol. The number of sulfone groups is 1. The van der Waals surface area contributed by atoms with Gasteiger partial charge in [0.15, 0.2) is 9.84 Å². The second kappa shape index (κ2) is 8.65. The van der Waals surface area contributed by atoms with Crippen molar-refractivity contribution in [2.45, 2.75) is 38.5 Å². The number of carbonyl (C=O) groups excluding carboxylic acids is 1. The lowest BCUT2D eigenvalue weighted by Gasteiger charge is -2.29. The maximum absolute atomic E-state index is 12.8.